The number of hydrogen-bond acceptors (Lipinski definition) is 3. The highest BCUT2D eigenvalue weighted by molar-refractivity contribution is 9.10. The lowest BCUT2D eigenvalue weighted by molar-refractivity contribution is -0.384. The Bertz CT molecular complexity index is 447. The van der Waals surface area contributed by atoms with Crippen LogP contribution in [0.4, 0.5) is 11.4 Å². The molecule has 1 aliphatic rings. The van der Waals surface area contributed by atoms with Crippen LogP contribution in [0.1, 0.15) is 5.56 Å². The number of benzene rings is 1. The number of fused-ring (bicyclic) bond motifs is 1. The summed E-state index contributed by atoms with van der Waals surface area (Å²) in [4.78, 5) is 22.4. The van der Waals surface area contributed by atoms with Gasteiger partial charge in [0.15, 0.2) is 0 Å². The number of amides is 1. The van der Waals surface area contributed by atoms with Gasteiger partial charge in [0.2, 0.25) is 6.41 Å². The molecule has 0 spiro atoms. The van der Waals surface area contributed by atoms with E-state index in [0.29, 0.717) is 29.5 Å². The van der Waals surface area contributed by atoms with Gasteiger partial charge >= 0.3 is 0 Å². The van der Waals surface area contributed by atoms with Crippen LogP contribution in [-0.4, -0.2) is 17.9 Å². The van der Waals surface area contributed by atoms with Crippen molar-refractivity contribution in [2.24, 2.45) is 0 Å². The van der Waals surface area contributed by atoms with Gasteiger partial charge in [-0.25, -0.2) is 0 Å². The highest BCUT2D eigenvalue weighted by Gasteiger charge is 2.28. The minimum Gasteiger partial charge on any atom is -0.309 e. The maximum Gasteiger partial charge on any atom is 0.294 e. The quantitative estimate of drug-likeness (QED) is 0.468. The lowest BCUT2D eigenvalue weighted by atomic mass is 10.1. The molecule has 1 heterocycles. The number of nitrogens with zero attached hydrogens (tertiary/aromatic N) is 2. The standard InChI is InChI=1S/C9H7BrN2O3/c10-7-3-6-1-2-11(5-13)9(6)8(4-7)12(14)15/h3-5H,1-2H2. The van der Waals surface area contributed by atoms with Crippen molar-refractivity contribution in [2.45, 2.75) is 6.42 Å². The van der Waals surface area contributed by atoms with E-state index in [1.54, 1.807) is 0 Å². The number of halogens is 1. The molecule has 1 aromatic rings. The van der Waals surface area contributed by atoms with Crippen molar-refractivity contribution >= 4 is 33.7 Å². The molecular formula is C9H7BrN2O3. The fourth-order valence-electron chi connectivity index (χ4n) is 1.76. The van der Waals surface area contributed by atoms with Crippen molar-refractivity contribution in [2.75, 3.05) is 11.4 Å². The smallest absolute Gasteiger partial charge is 0.294 e. The zero-order chi connectivity index (χ0) is 11.0. The first-order valence-electron chi connectivity index (χ1n) is 4.32. The molecule has 15 heavy (non-hydrogen) atoms. The molecule has 0 aliphatic carbocycles. The minimum absolute atomic E-state index is 0.0241. The Morgan fingerprint density at radius 3 is 2.87 bits per heavy atom. The second-order valence-electron chi connectivity index (χ2n) is 3.24. The fraction of sp³-hybridized carbons (Fsp3) is 0.222. The SMILES string of the molecule is O=CN1CCc2cc(Br)cc([N+](=O)[O-])c21. The Hall–Kier alpha value is -1.43. The van der Waals surface area contributed by atoms with Crippen LogP contribution in [0, 0.1) is 10.1 Å². The lowest BCUT2D eigenvalue weighted by Crippen LogP contribution is -2.18. The summed E-state index contributed by atoms with van der Waals surface area (Å²) in [5.41, 5.74) is 1.24. The molecule has 0 saturated heterocycles. The number of nitro benzene ring substituents is 1. The molecule has 6 heteroatoms. The first kappa shape index (κ1) is 10.1. The van der Waals surface area contributed by atoms with Crippen molar-refractivity contribution in [3.63, 3.8) is 0 Å². The molecule has 1 aromatic carbocycles. The maximum absolute atomic E-state index is 10.8. The van der Waals surface area contributed by atoms with Gasteiger partial charge in [0.1, 0.15) is 5.69 Å². The molecule has 1 aliphatic heterocycles. The number of nitro groups is 1. The van der Waals surface area contributed by atoms with Gasteiger partial charge in [0.05, 0.1) is 4.92 Å². The number of hydrogen-bond donors (Lipinski definition) is 0. The maximum atomic E-state index is 10.8. The third kappa shape index (κ3) is 1.61. The van der Waals surface area contributed by atoms with Crippen LogP contribution in [-0.2, 0) is 11.2 Å². The molecule has 0 fully saturated rings. The van der Waals surface area contributed by atoms with Gasteiger partial charge in [-0.3, -0.25) is 14.9 Å². The Labute approximate surface area is 94.0 Å². The van der Waals surface area contributed by atoms with Crippen molar-refractivity contribution in [1.82, 2.24) is 0 Å². The monoisotopic (exact) mass is 270 g/mol. The molecule has 0 N–H and O–H groups in total. The van der Waals surface area contributed by atoms with E-state index in [4.69, 9.17) is 0 Å². The molecule has 1 amide bonds. The number of carbonyl (C=O) groups excluding carboxylic acids is 1. The molecule has 2 rings (SSSR count). The van der Waals surface area contributed by atoms with Gasteiger partial charge in [-0.05, 0) is 18.1 Å². The summed E-state index contributed by atoms with van der Waals surface area (Å²) < 4.78 is 0.667. The average molecular weight is 271 g/mol. The topological polar surface area (TPSA) is 63.5 Å². The molecule has 0 bridgehead atoms. The lowest BCUT2D eigenvalue weighted by Gasteiger charge is -2.10. The molecular weight excluding hydrogens is 264 g/mol. The van der Waals surface area contributed by atoms with Crippen LogP contribution >= 0.6 is 15.9 Å². The van der Waals surface area contributed by atoms with E-state index in [-0.39, 0.29) is 5.69 Å². The highest BCUT2D eigenvalue weighted by Crippen LogP contribution is 2.38. The largest absolute Gasteiger partial charge is 0.309 e. The van der Waals surface area contributed by atoms with Crippen LogP contribution < -0.4 is 4.90 Å². The summed E-state index contributed by atoms with van der Waals surface area (Å²) in [6.07, 6.45) is 1.29. The summed E-state index contributed by atoms with van der Waals surface area (Å²) in [7, 11) is 0. The zero-order valence-electron chi connectivity index (χ0n) is 7.64. The van der Waals surface area contributed by atoms with Crippen molar-refractivity contribution in [1.29, 1.82) is 0 Å². The first-order valence-corrected chi connectivity index (χ1v) is 5.11. The molecule has 0 atom stereocenters. The van der Waals surface area contributed by atoms with E-state index in [2.05, 4.69) is 15.9 Å². The molecule has 0 radical (unpaired) electrons. The highest BCUT2D eigenvalue weighted by atomic mass is 79.9. The summed E-state index contributed by atoms with van der Waals surface area (Å²) in [5, 5.41) is 10.8. The number of carbonyl (C=O) groups is 1. The summed E-state index contributed by atoms with van der Waals surface area (Å²) in [6.45, 7) is 0.510. The molecule has 78 valence electrons. The van der Waals surface area contributed by atoms with E-state index < -0.39 is 4.92 Å². The average Bonchev–Trinajstić information content (AvgIpc) is 2.58. The second-order valence-corrected chi connectivity index (χ2v) is 4.15. The van der Waals surface area contributed by atoms with E-state index >= 15 is 0 Å². The van der Waals surface area contributed by atoms with Crippen LogP contribution in [0.5, 0.6) is 0 Å². The Kier molecular flexibility index (Phi) is 2.44. The first-order chi connectivity index (χ1) is 7.13. The minimum atomic E-state index is -0.467. The van der Waals surface area contributed by atoms with Gasteiger partial charge in [-0.15, -0.1) is 0 Å². The van der Waals surface area contributed by atoms with Gasteiger partial charge in [-0.1, -0.05) is 15.9 Å². The predicted molar refractivity (Wildman–Crippen MR) is 57.9 cm³/mol. The van der Waals surface area contributed by atoms with Crippen LogP contribution in [0.2, 0.25) is 0 Å². The van der Waals surface area contributed by atoms with Gasteiger partial charge in [-0.2, -0.15) is 0 Å². The summed E-state index contributed by atoms with van der Waals surface area (Å²) >= 11 is 3.21. The third-order valence-corrected chi connectivity index (χ3v) is 2.82. The Morgan fingerprint density at radius 2 is 2.27 bits per heavy atom. The van der Waals surface area contributed by atoms with Crippen LogP contribution in [0.15, 0.2) is 16.6 Å². The van der Waals surface area contributed by atoms with E-state index in [9.17, 15) is 14.9 Å². The van der Waals surface area contributed by atoms with Crippen LogP contribution in [0.3, 0.4) is 0 Å². The number of anilines is 1. The van der Waals surface area contributed by atoms with Crippen molar-refractivity contribution in [3.8, 4) is 0 Å². The van der Waals surface area contributed by atoms with E-state index in [1.807, 2.05) is 6.07 Å². The number of rotatable bonds is 2. The third-order valence-electron chi connectivity index (χ3n) is 2.37. The Morgan fingerprint density at radius 1 is 1.53 bits per heavy atom. The van der Waals surface area contributed by atoms with Crippen LogP contribution in [0.25, 0.3) is 0 Å². The second kappa shape index (κ2) is 3.62. The Balaban J connectivity index is 2.64. The predicted octanol–water partition coefficient (Wildman–Crippen LogP) is 1.88. The fourth-order valence-corrected chi connectivity index (χ4v) is 2.25. The van der Waals surface area contributed by atoms with Gasteiger partial charge in [0.25, 0.3) is 5.69 Å². The molecule has 0 unspecified atom stereocenters. The van der Waals surface area contributed by atoms with Crippen molar-refractivity contribution < 1.29 is 9.72 Å². The van der Waals surface area contributed by atoms with Gasteiger partial charge < -0.3 is 4.90 Å². The van der Waals surface area contributed by atoms with E-state index in [0.717, 1.165) is 5.56 Å². The summed E-state index contributed by atoms with van der Waals surface area (Å²) in [5.74, 6) is 0. The van der Waals surface area contributed by atoms with E-state index in [1.165, 1.54) is 11.0 Å². The normalized spacial score (nSPS) is 13.8. The van der Waals surface area contributed by atoms with Gasteiger partial charge in [0, 0.05) is 17.1 Å². The molecule has 5 nitrogen and oxygen atoms in total. The summed E-state index contributed by atoms with van der Waals surface area (Å²) in [6, 6.07) is 3.23. The zero-order valence-corrected chi connectivity index (χ0v) is 9.23. The molecule has 0 saturated carbocycles. The molecule has 0 aromatic heterocycles. The van der Waals surface area contributed by atoms with Crippen molar-refractivity contribution in [3.05, 3.63) is 32.3 Å².